The molecule has 1 aliphatic rings. The number of pyridine rings is 1. The average molecular weight is 346 g/mol. The molecule has 2 aromatic heterocycles. The van der Waals surface area contributed by atoms with Crippen molar-refractivity contribution in [2.75, 3.05) is 31.6 Å². The van der Waals surface area contributed by atoms with E-state index in [4.69, 9.17) is 9.72 Å². The monoisotopic (exact) mass is 346 g/mol. The van der Waals surface area contributed by atoms with Crippen LogP contribution in [0.1, 0.15) is 36.2 Å². The maximum absolute atomic E-state index is 5.96. The first-order chi connectivity index (χ1) is 11.5. The second-order valence-corrected chi connectivity index (χ2v) is 7.95. The molecule has 1 fully saturated rings. The molecule has 3 rings (SSSR count). The molecule has 0 amide bonds. The van der Waals surface area contributed by atoms with Crippen LogP contribution < -0.4 is 5.32 Å². The fraction of sp³-hybridized carbons (Fsp3) is 0.556. The normalized spacial score (nSPS) is 19.0. The second-order valence-electron chi connectivity index (χ2n) is 6.75. The molecule has 0 spiro atoms. The van der Waals surface area contributed by atoms with Gasteiger partial charge >= 0.3 is 0 Å². The summed E-state index contributed by atoms with van der Waals surface area (Å²) in [5, 5.41) is 4.21. The van der Waals surface area contributed by atoms with Crippen molar-refractivity contribution in [2.45, 2.75) is 33.8 Å². The highest BCUT2D eigenvalue weighted by atomic mass is 32.1. The van der Waals surface area contributed by atoms with E-state index in [0.717, 1.165) is 48.6 Å². The van der Waals surface area contributed by atoms with Crippen molar-refractivity contribution in [1.29, 1.82) is 0 Å². The van der Waals surface area contributed by atoms with Crippen LogP contribution in [0, 0.1) is 19.8 Å². The Morgan fingerprint density at radius 3 is 2.88 bits per heavy atom. The number of hydrogen-bond donors (Lipinski definition) is 1. The van der Waals surface area contributed by atoms with Gasteiger partial charge in [-0.15, -0.1) is 11.3 Å². The van der Waals surface area contributed by atoms with Gasteiger partial charge in [-0.25, -0.2) is 9.97 Å². The van der Waals surface area contributed by atoms with E-state index < -0.39 is 0 Å². The molecule has 1 saturated heterocycles. The fourth-order valence-electron chi connectivity index (χ4n) is 2.90. The zero-order chi connectivity index (χ0) is 17.1. The molecule has 130 valence electrons. The SMILES string of the molecule is Cc1nc(Nc2cccc([C@@H]3CN(CC(C)C)CCO3)n2)sc1C. The van der Waals surface area contributed by atoms with Crippen LogP contribution in [0.5, 0.6) is 0 Å². The number of nitrogens with one attached hydrogen (secondary N) is 1. The van der Waals surface area contributed by atoms with Crippen molar-refractivity contribution >= 4 is 22.3 Å². The van der Waals surface area contributed by atoms with Gasteiger partial charge in [0.1, 0.15) is 11.9 Å². The van der Waals surface area contributed by atoms with E-state index in [1.807, 2.05) is 25.1 Å². The first-order valence-electron chi connectivity index (χ1n) is 8.53. The molecule has 1 N–H and O–H groups in total. The standard InChI is InChI=1S/C18H26N4OS/c1-12(2)10-22-8-9-23-16(11-22)15-6-5-7-17(20-15)21-18-19-13(3)14(4)24-18/h5-7,12,16H,8-11H2,1-4H3,(H,19,20,21)/t16-/m0/s1. The summed E-state index contributed by atoms with van der Waals surface area (Å²) in [6.45, 7) is 12.4. The minimum Gasteiger partial charge on any atom is -0.369 e. The Balaban J connectivity index is 1.70. The summed E-state index contributed by atoms with van der Waals surface area (Å²) in [6.07, 6.45) is 0.0408. The summed E-state index contributed by atoms with van der Waals surface area (Å²) in [4.78, 5) is 13.0. The summed E-state index contributed by atoms with van der Waals surface area (Å²) in [5.74, 6) is 1.49. The fourth-order valence-corrected chi connectivity index (χ4v) is 3.72. The first-order valence-corrected chi connectivity index (χ1v) is 9.35. The van der Waals surface area contributed by atoms with Crippen LogP contribution in [0.25, 0.3) is 0 Å². The highest BCUT2D eigenvalue weighted by Gasteiger charge is 2.23. The summed E-state index contributed by atoms with van der Waals surface area (Å²) in [7, 11) is 0. The first kappa shape index (κ1) is 17.3. The lowest BCUT2D eigenvalue weighted by Gasteiger charge is -2.33. The molecule has 1 aliphatic heterocycles. The van der Waals surface area contributed by atoms with Crippen LogP contribution in [0.3, 0.4) is 0 Å². The Kier molecular flexibility index (Phi) is 5.48. The number of thiazole rings is 1. The second kappa shape index (κ2) is 7.59. The molecule has 0 saturated carbocycles. The van der Waals surface area contributed by atoms with Gasteiger partial charge in [-0.05, 0) is 31.9 Å². The lowest BCUT2D eigenvalue weighted by molar-refractivity contribution is -0.0351. The van der Waals surface area contributed by atoms with E-state index in [1.54, 1.807) is 11.3 Å². The van der Waals surface area contributed by atoms with Crippen LogP contribution in [-0.4, -0.2) is 41.1 Å². The van der Waals surface area contributed by atoms with Crippen LogP contribution in [-0.2, 0) is 4.74 Å². The molecule has 0 bridgehead atoms. The largest absolute Gasteiger partial charge is 0.369 e. The Labute approximate surface area is 148 Å². The maximum atomic E-state index is 5.96. The van der Waals surface area contributed by atoms with Crippen LogP contribution in [0.2, 0.25) is 0 Å². The Morgan fingerprint density at radius 1 is 1.33 bits per heavy atom. The van der Waals surface area contributed by atoms with Crippen LogP contribution in [0.15, 0.2) is 18.2 Å². The third kappa shape index (κ3) is 4.32. The third-order valence-corrected chi connectivity index (χ3v) is 5.13. The molecular weight excluding hydrogens is 320 g/mol. The number of nitrogens with zero attached hydrogens (tertiary/aromatic N) is 3. The van der Waals surface area contributed by atoms with Gasteiger partial charge in [0, 0.05) is 24.5 Å². The minimum atomic E-state index is 0.0408. The molecule has 24 heavy (non-hydrogen) atoms. The van der Waals surface area contributed by atoms with Crippen molar-refractivity contribution in [3.05, 3.63) is 34.5 Å². The van der Waals surface area contributed by atoms with Gasteiger partial charge in [0.15, 0.2) is 5.13 Å². The molecule has 3 heterocycles. The predicted octanol–water partition coefficient (Wildman–Crippen LogP) is 3.93. The predicted molar refractivity (Wildman–Crippen MR) is 99.1 cm³/mol. The number of rotatable bonds is 5. The quantitative estimate of drug-likeness (QED) is 0.889. The van der Waals surface area contributed by atoms with E-state index in [1.165, 1.54) is 4.88 Å². The lowest BCUT2D eigenvalue weighted by Crippen LogP contribution is -2.40. The number of morpholine rings is 1. The Morgan fingerprint density at radius 2 is 2.17 bits per heavy atom. The van der Waals surface area contributed by atoms with E-state index in [0.29, 0.717) is 5.92 Å². The highest BCUT2D eigenvalue weighted by Crippen LogP contribution is 2.26. The zero-order valence-electron chi connectivity index (χ0n) is 14.9. The van der Waals surface area contributed by atoms with Crippen LogP contribution in [0.4, 0.5) is 10.9 Å². The minimum absolute atomic E-state index is 0.0408. The zero-order valence-corrected chi connectivity index (χ0v) is 15.7. The molecule has 0 aromatic carbocycles. The number of anilines is 2. The Hall–Kier alpha value is -1.50. The number of ether oxygens (including phenoxy) is 1. The molecule has 2 aromatic rings. The van der Waals surface area contributed by atoms with Gasteiger partial charge in [0.05, 0.1) is 18.0 Å². The topological polar surface area (TPSA) is 50.3 Å². The van der Waals surface area contributed by atoms with Crippen molar-refractivity contribution < 1.29 is 4.74 Å². The van der Waals surface area contributed by atoms with Gasteiger partial charge in [-0.3, -0.25) is 4.90 Å². The van der Waals surface area contributed by atoms with Gasteiger partial charge < -0.3 is 10.1 Å². The summed E-state index contributed by atoms with van der Waals surface area (Å²) >= 11 is 1.66. The van der Waals surface area contributed by atoms with Crippen LogP contribution >= 0.6 is 11.3 Å². The molecule has 5 nitrogen and oxygen atoms in total. The highest BCUT2D eigenvalue weighted by molar-refractivity contribution is 7.15. The van der Waals surface area contributed by atoms with Crippen molar-refractivity contribution in [3.8, 4) is 0 Å². The average Bonchev–Trinajstić information content (AvgIpc) is 2.85. The molecule has 0 radical (unpaired) electrons. The van der Waals surface area contributed by atoms with E-state index in [9.17, 15) is 0 Å². The van der Waals surface area contributed by atoms with Crippen molar-refractivity contribution in [3.63, 3.8) is 0 Å². The van der Waals surface area contributed by atoms with Gasteiger partial charge in [0.2, 0.25) is 0 Å². The summed E-state index contributed by atoms with van der Waals surface area (Å²) < 4.78 is 5.96. The molecule has 0 unspecified atom stereocenters. The molecular formula is C18H26N4OS. The van der Waals surface area contributed by atoms with E-state index >= 15 is 0 Å². The van der Waals surface area contributed by atoms with Crippen molar-refractivity contribution in [2.24, 2.45) is 5.92 Å². The lowest BCUT2D eigenvalue weighted by atomic mass is 10.1. The smallest absolute Gasteiger partial charge is 0.188 e. The summed E-state index contributed by atoms with van der Waals surface area (Å²) in [5.41, 5.74) is 2.05. The number of aryl methyl sites for hydroxylation is 2. The van der Waals surface area contributed by atoms with Crippen molar-refractivity contribution in [1.82, 2.24) is 14.9 Å². The number of hydrogen-bond acceptors (Lipinski definition) is 6. The van der Waals surface area contributed by atoms with E-state index in [2.05, 4.69) is 36.0 Å². The summed E-state index contributed by atoms with van der Waals surface area (Å²) in [6, 6.07) is 6.06. The molecule has 6 heteroatoms. The molecule has 0 aliphatic carbocycles. The van der Waals surface area contributed by atoms with Gasteiger partial charge in [-0.2, -0.15) is 0 Å². The molecule has 1 atom stereocenters. The number of aromatic nitrogens is 2. The maximum Gasteiger partial charge on any atom is 0.188 e. The van der Waals surface area contributed by atoms with E-state index in [-0.39, 0.29) is 6.10 Å². The van der Waals surface area contributed by atoms with Gasteiger partial charge in [-0.1, -0.05) is 19.9 Å². The third-order valence-electron chi connectivity index (χ3n) is 4.14. The Bertz CT molecular complexity index is 666. The van der Waals surface area contributed by atoms with Gasteiger partial charge in [0.25, 0.3) is 0 Å².